The van der Waals surface area contributed by atoms with Gasteiger partial charge in [0, 0.05) is 49.1 Å². The lowest BCUT2D eigenvalue weighted by molar-refractivity contribution is -0.142. The Labute approximate surface area is 187 Å². The molecule has 2 saturated heterocycles. The number of H-pyrrole nitrogens is 1. The van der Waals surface area contributed by atoms with Crippen molar-refractivity contribution in [1.82, 2.24) is 25.0 Å². The van der Waals surface area contributed by atoms with Crippen LogP contribution in [0.4, 0.5) is 0 Å². The van der Waals surface area contributed by atoms with Crippen molar-refractivity contribution >= 4 is 17.5 Å². The fourth-order valence-electron chi connectivity index (χ4n) is 5.05. The van der Waals surface area contributed by atoms with Crippen LogP contribution in [-0.2, 0) is 17.8 Å². The van der Waals surface area contributed by atoms with Gasteiger partial charge in [0.15, 0.2) is 5.82 Å². The standard InChI is InChI=1S/C24H26ClN5O/c1-17-26-23(28-27-17)21-13-29(12-18-6-3-2-4-7-18)14-24(21)15-30(16-24)22(31)11-19-8-5-9-20(25)10-19/h2-10,21H,11-16H2,1H3,(H,26,27,28). The van der Waals surface area contributed by atoms with Crippen LogP contribution in [0.1, 0.15) is 28.7 Å². The molecule has 160 valence electrons. The number of nitrogens with zero attached hydrogens (tertiary/aromatic N) is 4. The molecule has 31 heavy (non-hydrogen) atoms. The minimum absolute atomic E-state index is 0.00735. The summed E-state index contributed by atoms with van der Waals surface area (Å²) in [7, 11) is 0. The predicted octanol–water partition coefficient (Wildman–Crippen LogP) is 3.44. The third kappa shape index (κ3) is 4.10. The summed E-state index contributed by atoms with van der Waals surface area (Å²) in [6.07, 6.45) is 0.384. The van der Waals surface area contributed by atoms with Crippen molar-refractivity contribution in [3.8, 4) is 0 Å². The lowest BCUT2D eigenvalue weighted by Gasteiger charge is -2.50. The van der Waals surface area contributed by atoms with E-state index in [0.29, 0.717) is 11.4 Å². The van der Waals surface area contributed by atoms with Crippen molar-refractivity contribution in [3.05, 3.63) is 82.4 Å². The third-order valence-electron chi connectivity index (χ3n) is 6.50. The van der Waals surface area contributed by atoms with Crippen molar-refractivity contribution in [2.75, 3.05) is 26.2 Å². The molecule has 0 aliphatic carbocycles. The Bertz CT molecular complexity index is 1080. The molecule has 1 aromatic heterocycles. The maximum Gasteiger partial charge on any atom is 0.227 e. The summed E-state index contributed by atoms with van der Waals surface area (Å²) in [5, 5.41) is 8.14. The highest BCUT2D eigenvalue weighted by atomic mass is 35.5. The summed E-state index contributed by atoms with van der Waals surface area (Å²) >= 11 is 6.08. The summed E-state index contributed by atoms with van der Waals surface area (Å²) in [5.41, 5.74) is 2.27. The van der Waals surface area contributed by atoms with Crippen LogP contribution in [0, 0.1) is 12.3 Å². The zero-order valence-electron chi connectivity index (χ0n) is 17.6. The average molecular weight is 436 g/mol. The van der Waals surface area contributed by atoms with E-state index in [1.54, 1.807) is 0 Å². The minimum Gasteiger partial charge on any atom is -0.341 e. The Hall–Kier alpha value is -2.70. The molecule has 0 saturated carbocycles. The molecule has 7 heteroatoms. The summed E-state index contributed by atoms with van der Waals surface area (Å²) < 4.78 is 0. The van der Waals surface area contributed by atoms with E-state index in [4.69, 9.17) is 11.6 Å². The quantitative estimate of drug-likeness (QED) is 0.666. The van der Waals surface area contributed by atoms with Crippen LogP contribution in [0.25, 0.3) is 0 Å². The second kappa shape index (κ2) is 8.09. The number of aryl methyl sites for hydroxylation is 1. The smallest absolute Gasteiger partial charge is 0.227 e. The van der Waals surface area contributed by atoms with Crippen molar-refractivity contribution in [1.29, 1.82) is 0 Å². The normalized spacial score (nSPS) is 20.2. The third-order valence-corrected chi connectivity index (χ3v) is 6.74. The molecule has 2 aromatic carbocycles. The van der Waals surface area contributed by atoms with Gasteiger partial charge in [0.1, 0.15) is 5.82 Å². The molecule has 1 unspecified atom stereocenters. The Morgan fingerprint density at radius 3 is 2.61 bits per heavy atom. The van der Waals surface area contributed by atoms with E-state index in [-0.39, 0.29) is 17.2 Å². The van der Waals surface area contributed by atoms with Gasteiger partial charge in [-0.05, 0) is 30.2 Å². The molecular weight excluding hydrogens is 410 g/mol. The van der Waals surface area contributed by atoms with Gasteiger partial charge in [0.05, 0.1) is 6.42 Å². The number of likely N-dealkylation sites (tertiary alicyclic amines) is 2. The van der Waals surface area contributed by atoms with Gasteiger partial charge in [0.2, 0.25) is 5.91 Å². The van der Waals surface area contributed by atoms with Crippen molar-refractivity contribution < 1.29 is 4.79 Å². The molecule has 5 rings (SSSR count). The topological polar surface area (TPSA) is 65.1 Å². The second-order valence-electron chi connectivity index (χ2n) is 8.91. The van der Waals surface area contributed by atoms with Gasteiger partial charge in [-0.3, -0.25) is 14.8 Å². The Morgan fingerprint density at radius 2 is 1.90 bits per heavy atom. The summed E-state index contributed by atoms with van der Waals surface area (Å²) in [5.74, 6) is 2.07. The molecule has 2 fully saturated rings. The number of carbonyl (C=O) groups excluding carboxylic acids is 1. The van der Waals surface area contributed by atoms with Gasteiger partial charge in [-0.25, -0.2) is 4.98 Å². The summed E-state index contributed by atoms with van der Waals surface area (Å²) in [6.45, 7) is 6.18. The number of aromatic amines is 1. The van der Waals surface area contributed by atoms with E-state index >= 15 is 0 Å². The molecule has 2 aliphatic heterocycles. The molecule has 3 heterocycles. The summed E-state index contributed by atoms with van der Waals surface area (Å²) in [6, 6.07) is 18.1. The first-order chi connectivity index (χ1) is 15.0. The molecule has 3 aromatic rings. The number of halogens is 1. The molecule has 1 atom stereocenters. The molecule has 1 N–H and O–H groups in total. The summed E-state index contributed by atoms with van der Waals surface area (Å²) in [4.78, 5) is 22.0. The van der Waals surface area contributed by atoms with Crippen LogP contribution >= 0.6 is 11.6 Å². The highest BCUT2D eigenvalue weighted by molar-refractivity contribution is 6.30. The molecule has 1 spiro atoms. The maximum absolute atomic E-state index is 12.9. The van der Waals surface area contributed by atoms with E-state index in [9.17, 15) is 4.79 Å². The number of benzene rings is 2. The lowest BCUT2D eigenvalue weighted by Crippen LogP contribution is -2.61. The number of nitrogens with one attached hydrogen (secondary N) is 1. The number of hydrogen-bond acceptors (Lipinski definition) is 4. The number of amides is 1. The number of aromatic nitrogens is 3. The number of hydrogen-bond donors (Lipinski definition) is 1. The molecule has 2 aliphatic rings. The van der Waals surface area contributed by atoms with Crippen LogP contribution in [0.3, 0.4) is 0 Å². The second-order valence-corrected chi connectivity index (χ2v) is 9.34. The minimum atomic E-state index is 0.00735. The largest absolute Gasteiger partial charge is 0.341 e. The maximum atomic E-state index is 12.9. The van der Waals surface area contributed by atoms with E-state index in [0.717, 1.165) is 49.9 Å². The molecule has 1 amide bonds. The first kappa shape index (κ1) is 20.2. The molecular formula is C24H26ClN5O. The first-order valence-electron chi connectivity index (χ1n) is 10.7. The van der Waals surface area contributed by atoms with E-state index in [2.05, 4.69) is 44.3 Å². The Balaban J connectivity index is 1.30. The molecule has 6 nitrogen and oxygen atoms in total. The average Bonchev–Trinajstić information content (AvgIpc) is 3.31. The zero-order valence-corrected chi connectivity index (χ0v) is 18.3. The van der Waals surface area contributed by atoms with Gasteiger partial charge in [-0.2, -0.15) is 5.10 Å². The van der Waals surface area contributed by atoms with Gasteiger partial charge in [0.25, 0.3) is 0 Å². The zero-order chi connectivity index (χ0) is 21.4. The number of carbonyl (C=O) groups is 1. The van der Waals surface area contributed by atoms with Crippen LogP contribution in [0.5, 0.6) is 0 Å². The van der Waals surface area contributed by atoms with Gasteiger partial charge in [-0.1, -0.05) is 54.1 Å². The van der Waals surface area contributed by atoms with Crippen LogP contribution < -0.4 is 0 Å². The SMILES string of the molecule is Cc1nc(C2CN(Cc3ccccc3)CC23CN(C(=O)Cc2cccc(Cl)c2)C3)n[nH]1. The van der Waals surface area contributed by atoms with E-state index < -0.39 is 0 Å². The molecule has 0 bridgehead atoms. The van der Waals surface area contributed by atoms with Crippen LogP contribution in [-0.4, -0.2) is 57.1 Å². The van der Waals surface area contributed by atoms with E-state index in [1.165, 1.54) is 5.56 Å². The van der Waals surface area contributed by atoms with E-state index in [1.807, 2.05) is 42.2 Å². The highest BCUT2D eigenvalue weighted by Crippen LogP contribution is 2.48. The fourth-order valence-corrected chi connectivity index (χ4v) is 5.26. The number of rotatable bonds is 5. The predicted molar refractivity (Wildman–Crippen MR) is 120 cm³/mol. The monoisotopic (exact) mass is 435 g/mol. The Morgan fingerprint density at radius 1 is 1.13 bits per heavy atom. The Kier molecular flexibility index (Phi) is 5.28. The fraction of sp³-hybridized carbons (Fsp3) is 0.375. The lowest BCUT2D eigenvalue weighted by atomic mass is 9.71. The van der Waals surface area contributed by atoms with Crippen molar-refractivity contribution in [2.45, 2.75) is 25.8 Å². The van der Waals surface area contributed by atoms with Crippen molar-refractivity contribution in [3.63, 3.8) is 0 Å². The van der Waals surface area contributed by atoms with Gasteiger partial charge in [-0.15, -0.1) is 0 Å². The molecule has 0 radical (unpaired) electrons. The van der Waals surface area contributed by atoms with Crippen molar-refractivity contribution in [2.24, 2.45) is 5.41 Å². The highest BCUT2D eigenvalue weighted by Gasteiger charge is 2.56. The van der Waals surface area contributed by atoms with Gasteiger partial charge < -0.3 is 4.90 Å². The van der Waals surface area contributed by atoms with Crippen LogP contribution in [0.15, 0.2) is 54.6 Å². The van der Waals surface area contributed by atoms with Gasteiger partial charge >= 0.3 is 0 Å². The first-order valence-corrected chi connectivity index (χ1v) is 11.1. The van der Waals surface area contributed by atoms with Crippen LogP contribution in [0.2, 0.25) is 5.02 Å².